The molecule has 4 rings (SSSR count). The zero-order valence-electron chi connectivity index (χ0n) is 18.2. The van der Waals surface area contributed by atoms with Crippen LogP contribution in [0.3, 0.4) is 0 Å². The van der Waals surface area contributed by atoms with Gasteiger partial charge in [-0.1, -0.05) is 34.1 Å². The number of phenolic OH excluding ortho intramolecular Hbond substituents is 1. The Bertz CT molecular complexity index is 733. The van der Waals surface area contributed by atoms with E-state index in [9.17, 15) is 5.11 Å². The second-order valence-electron chi connectivity index (χ2n) is 11.4. The molecule has 0 amide bonds. The molecule has 0 bridgehead atoms. The zero-order chi connectivity index (χ0) is 19.6. The molecule has 1 aromatic carbocycles. The molecule has 1 aromatic rings. The van der Waals surface area contributed by atoms with Crippen molar-refractivity contribution in [2.24, 2.45) is 17.3 Å². The van der Waals surface area contributed by atoms with Gasteiger partial charge in [0.1, 0.15) is 11.5 Å². The van der Waals surface area contributed by atoms with Gasteiger partial charge in [0.15, 0.2) is 0 Å². The van der Waals surface area contributed by atoms with Crippen molar-refractivity contribution in [1.29, 1.82) is 0 Å². The van der Waals surface area contributed by atoms with Crippen LogP contribution in [0.1, 0.15) is 83.3 Å². The first-order valence-corrected chi connectivity index (χ1v) is 14.0. The van der Waals surface area contributed by atoms with E-state index in [0.29, 0.717) is 17.1 Å². The molecule has 3 aliphatic carbocycles. The fraction of sp³-hybridized carbons (Fsp3) is 0.750. The highest BCUT2D eigenvalue weighted by atomic mass is 28.4. The van der Waals surface area contributed by atoms with Gasteiger partial charge in [0.05, 0.1) is 0 Å². The van der Waals surface area contributed by atoms with Crippen LogP contribution in [0.5, 0.6) is 11.5 Å². The van der Waals surface area contributed by atoms with Gasteiger partial charge in [-0.2, -0.15) is 0 Å². The molecule has 1 N–H and O–H groups in total. The van der Waals surface area contributed by atoms with Gasteiger partial charge >= 0.3 is 0 Å². The van der Waals surface area contributed by atoms with Crippen LogP contribution in [0, 0.1) is 17.3 Å². The van der Waals surface area contributed by atoms with Gasteiger partial charge < -0.3 is 9.53 Å². The summed E-state index contributed by atoms with van der Waals surface area (Å²) in [7, 11) is -1.94. The third-order valence-electron chi connectivity index (χ3n) is 8.72. The summed E-state index contributed by atoms with van der Waals surface area (Å²) in [5, 5.41) is 10.6. The molecule has 2 fully saturated rings. The fourth-order valence-corrected chi connectivity index (χ4v) is 7.20. The Kier molecular flexibility index (Phi) is 4.49. The zero-order valence-corrected chi connectivity index (χ0v) is 19.2. The number of hydrogen-bond donors (Lipinski definition) is 1. The quantitative estimate of drug-likeness (QED) is 0.553. The van der Waals surface area contributed by atoms with Crippen LogP contribution in [0.15, 0.2) is 12.1 Å². The lowest BCUT2D eigenvalue weighted by molar-refractivity contribution is 0.0591. The van der Waals surface area contributed by atoms with Crippen molar-refractivity contribution in [3.63, 3.8) is 0 Å². The van der Waals surface area contributed by atoms with E-state index in [1.165, 1.54) is 49.7 Å². The molecule has 0 radical (unpaired) electrons. The number of phenols is 1. The van der Waals surface area contributed by atoms with Crippen molar-refractivity contribution in [2.75, 3.05) is 0 Å². The molecular formula is C24H38O2Si. The van der Waals surface area contributed by atoms with E-state index in [0.717, 1.165) is 24.0 Å². The molecule has 0 spiro atoms. The molecule has 0 unspecified atom stereocenters. The van der Waals surface area contributed by atoms with E-state index >= 15 is 0 Å². The molecule has 0 heterocycles. The third kappa shape index (κ3) is 3.14. The number of fused-ring (bicyclic) bond motifs is 5. The van der Waals surface area contributed by atoms with Crippen LogP contribution in [0.4, 0.5) is 0 Å². The Morgan fingerprint density at radius 2 is 1.85 bits per heavy atom. The van der Waals surface area contributed by atoms with Gasteiger partial charge in [-0.25, -0.2) is 0 Å². The molecule has 3 aliphatic rings. The molecular weight excluding hydrogens is 348 g/mol. The maximum Gasteiger partial charge on any atom is 0.250 e. The van der Waals surface area contributed by atoms with Crippen LogP contribution < -0.4 is 4.43 Å². The molecule has 0 saturated heterocycles. The average Bonchev–Trinajstić information content (AvgIpc) is 2.94. The number of hydrogen-bond acceptors (Lipinski definition) is 2. The normalized spacial score (nSPS) is 33.2. The lowest BCUT2D eigenvalue weighted by Crippen LogP contribution is -2.45. The highest BCUT2D eigenvalue weighted by Gasteiger charge is 2.51. The summed E-state index contributed by atoms with van der Waals surface area (Å²) >= 11 is 0. The highest BCUT2D eigenvalue weighted by molar-refractivity contribution is 6.74. The second kappa shape index (κ2) is 6.27. The first-order valence-electron chi connectivity index (χ1n) is 11.1. The second-order valence-corrected chi connectivity index (χ2v) is 16.1. The van der Waals surface area contributed by atoms with E-state index in [4.69, 9.17) is 4.43 Å². The molecule has 4 atom stereocenters. The van der Waals surface area contributed by atoms with Crippen LogP contribution in [-0.4, -0.2) is 13.4 Å². The first kappa shape index (κ1) is 19.4. The minimum atomic E-state index is -1.94. The monoisotopic (exact) mass is 386 g/mol. The van der Waals surface area contributed by atoms with Gasteiger partial charge in [-0.15, -0.1) is 0 Å². The Morgan fingerprint density at radius 1 is 1.11 bits per heavy atom. The van der Waals surface area contributed by atoms with E-state index < -0.39 is 8.32 Å². The predicted molar refractivity (Wildman–Crippen MR) is 115 cm³/mol. The van der Waals surface area contributed by atoms with E-state index in [-0.39, 0.29) is 5.04 Å². The topological polar surface area (TPSA) is 29.5 Å². The summed E-state index contributed by atoms with van der Waals surface area (Å²) in [5.41, 5.74) is 3.39. The van der Waals surface area contributed by atoms with Gasteiger partial charge in [0.2, 0.25) is 8.32 Å². The van der Waals surface area contributed by atoms with E-state index in [1.54, 1.807) is 0 Å². The summed E-state index contributed by atoms with van der Waals surface area (Å²) in [6.07, 6.45) is 9.31. The van der Waals surface area contributed by atoms with E-state index in [1.807, 2.05) is 12.1 Å². The smallest absolute Gasteiger partial charge is 0.250 e. The van der Waals surface area contributed by atoms with Crippen molar-refractivity contribution >= 4 is 8.32 Å². The molecule has 3 heteroatoms. The van der Waals surface area contributed by atoms with E-state index in [2.05, 4.69) is 40.8 Å². The van der Waals surface area contributed by atoms with Gasteiger partial charge in [0.25, 0.3) is 0 Å². The largest absolute Gasteiger partial charge is 0.543 e. The molecule has 150 valence electrons. The lowest BCUT2D eigenvalue weighted by atomic mass is 9.56. The molecule has 2 saturated carbocycles. The minimum Gasteiger partial charge on any atom is -0.543 e. The van der Waals surface area contributed by atoms with Crippen molar-refractivity contribution < 1.29 is 9.53 Å². The SMILES string of the molecule is CC(C)(C)[Si](C)(C)Oc1cc(O)cc2c1[C@H]1CC[C@]3(C)CCC[C@H]3[C@@H]1CC2. The Hall–Kier alpha value is -0.963. The number of benzene rings is 1. The van der Waals surface area contributed by atoms with Crippen molar-refractivity contribution in [3.05, 3.63) is 23.3 Å². The highest BCUT2D eigenvalue weighted by Crippen LogP contribution is 2.62. The molecule has 0 aromatic heterocycles. The van der Waals surface area contributed by atoms with Gasteiger partial charge in [-0.05, 0) is 97.0 Å². The van der Waals surface area contributed by atoms with Gasteiger partial charge in [-0.3, -0.25) is 0 Å². The average molecular weight is 387 g/mol. The first-order chi connectivity index (χ1) is 12.5. The van der Waals surface area contributed by atoms with Crippen LogP contribution in [-0.2, 0) is 6.42 Å². The van der Waals surface area contributed by atoms with Crippen LogP contribution in [0.25, 0.3) is 0 Å². The summed E-state index contributed by atoms with van der Waals surface area (Å²) in [6, 6.07) is 3.94. The summed E-state index contributed by atoms with van der Waals surface area (Å²) < 4.78 is 6.81. The summed E-state index contributed by atoms with van der Waals surface area (Å²) in [6.45, 7) is 14.1. The Morgan fingerprint density at radius 3 is 2.56 bits per heavy atom. The lowest BCUT2D eigenvalue weighted by Gasteiger charge is -2.50. The molecule has 0 aliphatic heterocycles. The predicted octanol–water partition coefficient (Wildman–Crippen LogP) is 7.02. The van der Waals surface area contributed by atoms with Crippen LogP contribution >= 0.6 is 0 Å². The Labute approximate surface area is 166 Å². The Balaban J connectivity index is 1.74. The van der Waals surface area contributed by atoms with Crippen molar-refractivity contribution in [2.45, 2.75) is 96.7 Å². The maximum atomic E-state index is 10.4. The number of aromatic hydroxyl groups is 1. The molecule has 2 nitrogen and oxygen atoms in total. The minimum absolute atomic E-state index is 0.163. The summed E-state index contributed by atoms with van der Waals surface area (Å²) in [4.78, 5) is 0. The summed E-state index contributed by atoms with van der Waals surface area (Å²) in [5.74, 6) is 3.71. The fourth-order valence-electron chi connectivity index (χ4n) is 6.17. The van der Waals surface area contributed by atoms with Gasteiger partial charge in [0, 0.05) is 6.07 Å². The van der Waals surface area contributed by atoms with Crippen molar-refractivity contribution in [3.8, 4) is 11.5 Å². The maximum absolute atomic E-state index is 10.4. The standard InChI is InChI=1S/C24H38O2Si/c1-23(2,3)27(5,6)26-21-15-17(25)14-16-9-10-18-19(22(16)21)11-13-24(4)12-7-8-20(18)24/h14-15,18-20,25H,7-13H2,1-6H3/t18-,19+,20+,24+/m1/s1. The molecule has 27 heavy (non-hydrogen) atoms. The van der Waals surface area contributed by atoms with Crippen LogP contribution in [0.2, 0.25) is 18.1 Å². The third-order valence-corrected chi connectivity index (χ3v) is 13.1. The number of rotatable bonds is 2. The number of aryl methyl sites for hydroxylation is 1. The van der Waals surface area contributed by atoms with Crippen molar-refractivity contribution in [1.82, 2.24) is 0 Å².